The number of H-pyrrole nitrogens is 2. The van der Waals surface area contributed by atoms with E-state index in [0.29, 0.717) is 11.2 Å². The zero-order chi connectivity index (χ0) is 14.1. The predicted molar refractivity (Wildman–Crippen MR) is 73.6 cm³/mol. The molecule has 2 aromatic heterocycles. The first-order chi connectivity index (χ1) is 9.65. The molecule has 0 saturated carbocycles. The van der Waals surface area contributed by atoms with Crippen molar-refractivity contribution in [1.29, 1.82) is 0 Å². The quantitative estimate of drug-likeness (QED) is 0.650. The normalized spacial score (nSPS) is 10.7. The van der Waals surface area contributed by atoms with E-state index in [4.69, 9.17) is 0 Å². The van der Waals surface area contributed by atoms with Gasteiger partial charge >= 0.3 is 0 Å². The fraction of sp³-hybridized carbons (Fsp3) is 0.0769. The molecule has 0 atom stereocenters. The third-order valence-electron chi connectivity index (χ3n) is 2.91. The van der Waals surface area contributed by atoms with Crippen LogP contribution in [-0.2, 0) is 0 Å². The largest absolute Gasteiger partial charge is 0.329 e. The average Bonchev–Trinajstić information content (AvgIpc) is 2.88. The summed E-state index contributed by atoms with van der Waals surface area (Å²) < 4.78 is 0. The summed E-state index contributed by atoms with van der Waals surface area (Å²) in [6.45, 7) is 1.84. The van der Waals surface area contributed by atoms with Gasteiger partial charge in [-0.25, -0.2) is 4.98 Å². The molecule has 100 valence electrons. The van der Waals surface area contributed by atoms with Crippen LogP contribution >= 0.6 is 0 Å². The molecule has 1 amide bonds. The maximum atomic E-state index is 12.1. The van der Waals surface area contributed by atoms with Crippen molar-refractivity contribution in [3.8, 4) is 0 Å². The number of fused-ring (bicyclic) bond motifs is 1. The number of nitrogens with zero attached hydrogens (tertiary/aromatic N) is 2. The first kappa shape index (κ1) is 12.1. The lowest BCUT2D eigenvalue weighted by molar-refractivity contribution is 0.102. The number of carbonyl (C=O) groups is 1. The Bertz CT molecular complexity index is 849. The van der Waals surface area contributed by atoms with E-state index in [-0.39, 0.29) is 17.4 Å². The van der Waals surface area contributed by atoms with Crippen LogP contribution < -0.4 is 10.9 Å². The fourth-order valence-electron chi connectivity index (χ4n) is 1.91. The number of aromatic nitrogens is 4. The Hall–Kier alpha value is -2.96. The molecule has 1 aromatic carbocycles. The van der Waals surface area contributed by atoms with Crippen LogP contribution in [0.1, 0.15) is 15.9 Å². The number of imidazole rings is 1. The highest BCUT2D eigenvalue weighted by Gasteiger charge is 2.11. The molecule has 0 aliphatic carbocycles. The van der Waals surface area contributed by atoms with Gasteiger partial charge in [-0.15, -0.1) is 0 Å². The van der Waals surface area contributed by atoms with Crippen molar-refractivity contribution in [2.45, 2.75) is 6.92 Å². The molecule has 0 radical (unpaired) electrons. The summed E-state index contributed by atoms with van der Waals surface area (Å²) in [5.41, 5.74) is 1.50. The second-order valence-electron chi connectivity index (χ2n) is 4.28. The highest BCUT2D eigenvalue weighted by Crippen LogP contribution is 2.09. The molecule has 2 heterocycles. The summed E-state index contributed by atoms with van der Waals surface area (Å²) in [6.07, 6.45) is 1.37. The first-order valence-electron chi connectivity index (χ1n) is 5.95. The molecule has 20 heavy (non-hydrogen) atoms. The zero-order valence-electron chi connectivity index (χ0n) is 10.6. The van der Waals surface area contributed by atoms with Gasteiger partial charge in [0.15, 0.2) is 11.2 Å². The van der Waals surface area contributed by atoms with Crippen molar-refractivity contribution in [3.05, 3.63) is 52.1 Å². The van der Waals surface area contributed by atoms with Gasteiger partial charge in [-0.1, -0.05) is 18.2 Å². The van der Waals surface area contributed by atoms with Crippen molar-refractivity contribution in [2.75, 3.05) is 5.32 Å². The fourth-order valence-corrected chi connectivity index (χ4v) is 1.91. The predicted octanol–water partition coefficient (Wildman–Crippen LogP) is 1.21. The lowest BCUT2D eigenvalue weighted by atomic mass is 10.1. The van der Waals surface area contributed by atoms with Crippen LogP contribution in [0.4, 0.5) is 5.95 Å². The number of hydrogen-bond donors (Lipinski definition) is 3. The second kappa shape index (κ2) is 4.61. The molecule has 0 aliphatic heterocycles. The first-order valence-corrected chi connectivity index (χ1v) is 5.95. The van der Waals surface area contributed by atoms with Crippen LogP contribution in [-0.4, -0.2) is 25.8 Å². The highest BCUT2D eigenvalue weighted by atomic mass is 16.2. The van der Waals surface area contributed by atoms with E-state index in [0.717, 1.165) is 5.56 Å². The smallest absolute Gasteiger partial charge is 0.280 e. The van der Waals surface area contributed by atoms with E-state index in [2.05, 4.69) is 25.3 Å². The number of rotatable bonds is 2. The van der Waals surface area contributed by atoms with E-state index in [1.807, 2.05) is 19.1 Å². The van der Waals surface area contributed by atoms with Crippen LogP contribution in [0.15, 0.2) is 35.4 Å². The lowest BCUT2D eigenvalue weighted by Crippen LogP contribution is -2.19. The number of hydrogen-bond acceptors (Lipinski definition) is 4. The minimum atomic E-state index is -0.406. The van der Waals surface area contributed by atoms with Gasteiger partial charge in [0.1, 0.15) is 0 Å². The molecule has 3 aromatic rings. The Morgan fingerprint density at radius 1 is 1.30 bits per heavy atom. The number of carbonyl (C=O) groups excluding carboxylic acids is 1. The number of aromatic amines is 2. The van der Waals surface area contributed by atoms with Crippen molar-refractivity contribution in [1.82, 2.24) is 19.9 Å². The number of amides is 1. The van der Waals surface area contributed by atoms with Crippen LogP contribution in [0.3, 0.4) is 0 Å². The topological polar surface area (TPSA) is 104 Å². The molecule has 0 fully saturated rings. The Morgan fingerprint density at radius 3 is 2.90 bits per heavy atom. The Kier molecular flexibility index (Phi) is 2.79. The number of aryl methyl sites for hydroxylation is 1. The molecule has 3 N–H and O–H groups in total. The number of nitrogens with one attached hydrogen (secondary N) is 3. The Morgan fingerprint density at radius 2 is 2.10 bits per heavy atom. The van der Waals surface area contributed by atoms with Crippen LogP contribution in [0.25, 0.3) is 11.2 Å². The van der Waals surface area contributed by atoms with Gasteiger partial charge in [-0.3, -0.25) is 19.9 Å². The van der Waals surface area contributed by atoms with E-state index >= 15 is 0 Å². The van der Waals surface area contributed by atoms with Crippen LogP contribution in [0, 0.1) is 6.92 Å². The SMILES string of the molecule is Cc1ccccc1C(=O)Nc1nc2[nH]cnc2c(=O)[nH]1. The second-order valence-corrected chi connectivity index (χ2v) is 4.28. The van der Waals surface area contributed by atoms with Crippen LogP contribution in [0.2, 0.25) is 0 Å². The van der Waals surface area contributed by atoms with E-state index in [1.165, 1.54) is 6.33 Å². The van der Waals surface area contributed by atoms with E-state index in [1.54, 1.807) is 12.1 Å². The van der Waals surface area contributed by atoms with Crippen molar-refractivity contribution >= 4 is 23.0 Å². The number of anilines is 1. The average molecular weight is 269 g/mol. The highest BCUT2D eigenvalue weighted by molar-refractivity contribution is 6.04. The molecule has 3 rings (SSSR count). The maximum absolute atomic E-state index is 12.1. The summed E-state index contributed by atoms with van der Waals surface area (Å²) in [5.74, 6) is -0.245. The van der Waals surface area contributed by atoms with Gasteiger partial charge in [0, 0.05) is 5.56 Å². The molecule has 0 aliphatic rings. The minimum Gasteiger partial charge on any atom is -0.329 e. The molecule has 0 unspecified atom stereocenters. The third-order valence-corrected chi connectivity index (χ3v) is 2.91. The third kappa shape index (κ3) is 2.05. The van der Waals surface area contributed by atoms with Gasteiger partial charge in [0.2, 0.25) is 5.95 Å². The number of benzene rings is 1. The molecule has 0 bridgehead atoms. The van der Waals surface area contributed by atoms with Gasteiger partial charge in [0.25, 0.3) is 11.5 Å². The minimum absolute atomic E-state index is 0.0833. The molecular weight excluding hydrogens is 258 g/mol. The summed E-state index contributed by atoms with van der Waals surface area (Å²) in [5, 5.41) is 2.57. The molecule has 7 nitrogen and oxygen atoms in total. The molecule has 0 saturated heterocycles. The molecular formula is C13H11N5O2. The monoisotopic (exact) mass is 269 g/mol. The summed E-state index contributed by atoms with van der Waals surface area (Å²) in [6, 6.07) is 7.17. The lowest BCUT2D eigenvalue weighted by Gasteiger charge is -2.06. The maximum Gasteiger partial charge on any atom is 0.280 e. The van der Waals surface area contributed by atoms with Gasteiger partial charge < -0.3 is 4.98 Å². The van der Waals surface area contributed by atoms with E-state index in [9.17, 15) is 9.59 Å². The van der Waals surface area contributed by atoms with Crippen molar-refractivity contribution in [3.63, 3.8) is 0 Å². The van der Waals surface area contributed by atoms with Gasteiger partial charge in [-0.2, -0.15) is 4.98 Å². The van der Waals surface area contributed by atoms with Gasteiger partial charge in [0.05, 0.1) is 6.33 Å². The van der Waals surface area contributed by atoms with Crippen LogP contribution in [0.5, 0.6) is 0 Å². The standard InChI is InChI=1S/C13H11N5O2/c1-7-4-2-3-5-8(7)11(19)17-13-16-10-9(12(20)18-13)14-6-15-10/h2-6H,1H3,(H3,14,15,16,17,18,19,20). The summed E-state index contributed by atoms with van der Waals surface area (Å²) in [4.78, 5) is 37.0. The Balaban J connectivity index is 1.95. The molecule has 0 spiro atoms. The van der Waals surface area contributed by atoms with Gasteiger partial charge in [-0.05, 0) is 18.6 Å². The zero-order valence-corrected chi connectivity index (χ0v) is 10.6. The van der Waals surface area contributed by atoms with Crippen molar-refractivity contribution in [2.24, 2.45) is 0 Å². The Labute approximate surface area is 113 Å². The van der Waals surface area contributed by atoms with Crippen molar-refractivity contribution < 1.29 is 4.79 Å². The summed E-state index contributed by atoms with van der Waals surface area (Å²) in [7, 11) is 0. The van der Waals surface area contributed by atoms with E-state index < -0.39 is 5.56 Å². The summed E-state index contributed by atoms with van der Waals surface area (Å²) >= 11 is 0. The molecule has 7 heteroatoms.